The monoisotopic (exact) mass is 256 g/mol. The Bertz CT molecular complexity index is 634. The summed E-state index contributed by atoms with van der Waals surface area (Å²) in [6.45, 7) is 1.04. The minimum absolute atomic E-state index is 0.0284. The van der Waals surface area contributed by atoms with Gasteiger partial charge in [-0.3, -0.25) is 4.79 Å². The van der Waals surface area contributed by atoms with E-state index >= 15 is 0 Å². The van der Waals surface area contributed by atoms with E-state index < -0.39 is 0 Å². The second-order valence-corrected chi connectivity index (χ2v) is 5.59. The highest BCUT2D eigenvalue weighted by molar-refractivity contribution is 5.97. The summed E-state index contributed by atoms with van der Waals surface area (Å²) in [5, 5.41) is 7.60. The fourth-order valence-corrected chi connectivity index (χ4v) is 3.37. The fourth-order valence-electron chi connectivity index (χ4n) is 3.37. The molecule has 0 spiro atoms. The van der Waals surface area contributed by atoms with Gasteiger partial charge in [0.1, 0.15) is 5.58 Å². The zero-order valence-electron chi connectivity index (χ0n) is 10.6. The molecule has 1 aliphatic carbocycles. The molecule has 2 aliphatic rings. The van der Waals surface area contributed by atoms with Gasteiger partial charge in [-0.15, -0.1) is 0 Å². The molecule has 2 bridgehead atoms. The van der Waals surface area contributed by atoms with E-state index in [1.54, 1.807) is 6.26 Å². The van der Waals surface area contributed by atoms with Crippen LogP contribution in [0.1, 0.15) is 23.2 Å². The number of hydrogen-bond acceptors (Lipinski definition) is 3. The Morgan fingerprint density at radius 1 is 1.32 bits per heavy atom. The number of nitrogens with one attached hydrogen (secondary N) is 2. The lowest BCUT2D eigenvalue weighted by molar-refractivity contribution is 0.0925. The number of piperidine rings is 1. The highest BCUT2D eigenvalue weighted by Crippen LogP contribution is 2.31. The molecule has 1 saturated carbocycles. The molecule has 4 heteroatoms. The van der Waals surface area contributed by atoms with Gasteiger partial charge in [0.25, 0.3) is 5.91 Å². The molecule has 4 nitrogen and oxygen atoms in total. The molecule has 1 aliphatic heterocycles. The second-order valence-electron chi connectivity index (χ2n) is 5.59. The second kappa shape index (κ2) is 4.10. The van der Waals surface area contributed by atoms with Crippen LogP contribution in [0.4, 0.5) is 0 Å². The lowest BCUT2D eigenvalue weighted by Gasteiger charge is -2.23. The van der Waals surface area contributed by atoms with Crippen LogP contribution in [0.25, 0.3) is 11.0 Å². The molecule has 1 aromatic heterocycles. The Morgan fingerprint density at radius 2 is 2.26 bits per heavy atom. The number of carbonyl (C=O) groups excluding carboxylic acids is 1. The van der Waals surface area contributed by atoms with Crippen molar-refractivity contribution in [3.05, 3.63) is 36.1 Å². The number of benzene rings is 1. The lowest BCUT2D eigenvalue weighted by Crippen LogP contribution is -2.44. The normalized spacial score (nSPS) is 28.9. The van der Waals surface area contributed by atoms with Crippen molar-refractivity contribution in [2.75, 3.05) is 6.54 Å². The molecular formula is C15H16N2O2. The van der Waals surface area contributed by atoms with Crippen LogP contribution in [0, 0.1) is 5.92 Å². The molecule has 3 atom stereocenters. The molecule has 0 unspecified atom stereocenters. The number of furan rings is 1. The van der Waals surface area contributed by atoms with Crippen molar-refractivity contribution in [2.45, 2.75) is 24.9 Å². The van der Waals surface area contributed by atoms with E-state index in [9.17, 15) is 4.79 Å². The van der Waals surface area contributed by atoms with E-state index in [1.807, 2.05) is 24.3 Å². The summed E-state index contributed by atoms with van der Waals surface area (Å²) in [6, 6.07) is 8.39. The van der Waals surface area contributed by atoms with Gasteiger partial charge in [0.2, 0.25) is 0 Å². The maximum absolute atomic E-state index is 12.3. The van der Waals surface area contributed by atoms with Gasteiger partial charge in [-0.1, -0.05) is 0 Å². The van der Waals surface area contributed by atoms with Gasteiger partial charge in [0.05, 0.1) is 6.26 Å². The third-order valence-corrected chi connectivity index (χ3v) is 4.39. The zero-order chi connectivity index (χ0) is 12.8. The molecule has 2 heterocycles. The van der Waals surface area contributed by atoms with Crippen molar-refractivity contribution in [1.29, 1.82) is 0 Å². The third-order valence-electron chi connectivity index (χ3n) is 4.39. The first-order chi connectivity index (χ1) is 9.29. The average molecular weight is 256 g/mol. The number of carbonyl (C=O) groups is 1. The van der Waals surface area contributed by atoms with E-state index in [2.05, 4.69) is 10.6 Å². The number of rotatable bonds is 2. The van der Waals surface area contributed by atoms with Crippen LogP contribution in [0.5, 0.6) is 0 Å². The van der Waals surface area contributed by atoms with Crippen LogP contribution in [0.15, 0.2) is 34.9 Å². The number of hydrogen-bond donors (Lipinski definition) is 2. The summed E-state index contributed by atoms with van der Waals surface area (Å²) < 4.78 is 5.29. The van der Waals surface area contributed by atoms with Crippen LogP contribution in [0.3, 0.4) is 0 Å². The largest absolute Gasteiger partial charge is 0.464 e. The van der Waals surface area contributed by atoms with Gasteiger partial charge in [-0.2, -0.15) is 0 Å². The van der Waals surface area contributed by atoms with E-state index in [1.165, 1.54) is 6.42 Å². The summed E-state index contributed by atoms with van der Waals surface area (Å²) in [5.74, 6) is 0.632. The van der Waals surface area contributed by atoms with Gasteiger partial charge >= 0.3 is 0 Å². The molecule has 1 aromatic carbocycles. The van der Waals surface area contributed by atoms with Crippen LogP contribution >= 0.6 is 0 Å². The van der Waals surface area contributed by atoms with Crippen LogP contribution < -0.4 is 10.6 Å². The maximum atomic E-state index is 12.3. The van der Waals surface area contributed by atoms with Gasteiger partial charge < -0.3 is 15.1 Å². The smallest absolute Gasteiger partial charge is 0.251 e. The summed E-state index contributed by atoms with van der Waals surface area (Å²) >= 11 is 0. The molecule has 98 valence electrons. The summed E-state index contributed by atoms with van der Waals surface area (Å²) in [5.41, 5.74) is 1.53. The molecule has 2 aromatic rings. The minimum atomic E-state index is 0.0284. The Kier molecular flexibility index (Phi) is 2.38. The molecular weight excluding hydrogens is 240 g/mol. The van der Waals surface area contributed by atoms with Gasteiger partial charge in [-0.25, -0.2) is 0 Å². The maximum Gasteiger partial charge on any atom is 0.251 e. The Balaban J connectivity index is 1.53. The summed E-state index contributed by atoms with van der Waals surface area (Å²) in [4.78, 5) is 12.3. The van der Waals surface area contributed by atoms with E-state index in [0.29, 0.717) is 23.6 Å². The zero-order valence-corrected chi connectivity index (χ0v) is 10.6. The first-order valence-corrected chi connectivity index (χ1v) is 6.81. The van der Waals surface area contributed by atoms with Crippen LogP contribution in [-0.2, 0) is 0 Å². The molecule has 2 fully saturated rings. The van der Waals surface area contributed by atoms with Crippen molar-refractivity contribution in [3.8, 4) is 0 Å². The molecule has 2 N–H and O–H groups in total. The van der Waals surface area contributed by atoms with E-state index in [4.69, 9.17) is 4.42 Å². The number of fused-ring (bicyclic) bond motifs is 3. The highest BCUT2D eigenvalue weighted by Gasteiger charge is 2.40. The first-order valence-electron chi connectivity index (χ1n) is 6.81. The Hall–Kier alpha value is -1.81. The lowest BCUT2D eigenvalue weighted by atomic mass is 10.0. The Labute approximate surface area is 111 Å². The third kappa shape index (κ3) is 1.83. The predicted octanol–water partition coefficient (Wildman–Crippen LogP) is 1.91. The van der Waals surface area contributed by atoms with Gasteiger partial charge in [0, 0.05) is 29.6 Å². The van der Waals surface area contributed by atoms with Crippen LogP contribution in [-0.4, -0.2) is 24.5 Å². The fraction of sp³-hybridized carbons (Fsp3) is 0.400. The van der Waals surface area contributed by atoms with Crippen molar-refractivity contribution < 1.29 is 9.21 Å². The molecule has 1 amide bonds. The van der Waals surface area contributed by atoms with Crippen molar-refractivity contribution in [2.24, 2.45) is 5.92 Å². The Morgan fingerprint density at radius 3 is 3.05 bits per heavy atom. The quantitative estimate of drug-likeness (QED) is 0.863. The summed E-state index contributed by atoms with van der Waals surface area (Å²) in [6.07, 6.45) is 3.91. The highest BCUT2D eigenvalue weighted by atomic mass is 16.3. The SMILES string of the molecule is O=C(N[C@@H]1C[C@@H]2C[C@H]1CN2)c1ccc2occc2c1. The minimum Gasteiger partial charge on any atom is -0.464 e. The topological polar surface area (TPSA) is 54.3 Å². The van der Waals surface area contributed by atoms with Crippen molar-refractivity contribution >= 4 is 16.9 Å². The van der Waals surface area contributed by atoms with Gasteiger partial charge in [0.15, 0.2) is 0 Å². The summed E-state index contributed by atoms with van der Waals surface area (Å²) in [7, 11) is 0. The molecule has 1 saturated heterocycles. The standard InChI is InChI=1S/C15H16N2O2/c18-15(17-13-7-12-6-11(13)8-16-12)10-1-2-14-9(5-10)3-4-19-14/h1-5,11-13,16H,6-8H2,(H,17,18)/t11-,12-,13+/m0/s1. The van der Waals surface area contributed by atoms with Crippen molar-refractivity contribution in [3.63, 3.8) is 0 Å². The average Bonchev–Trinajstić information content (AvgIpc) is 3.13. The predicted molar refractivity (Wildman–Crippen MR) is 72.0 cm³/mol. The molecule has 4 rings (SSSR count). The van der Waals surface area contributed by atoms with Crippen LogP contribution in [0.2, 0.25) is 0 Å². The van der Waals surface area contributed by atoms with E-state index in [0.717, 1.165) is 23.9 Å². The van der Waals surface area contributed by atoms with Gasteiger partial charge in [-0.05, 0) is 43.0 Å². The number of amides is 1. The van der Waals surface area contributed by atoms with Crippen molar-refractivity contribution in [1.82, 2.24) is 10.6 Å². The first kappa shape index (κ1) is 11.1. The molecule has 0 radical (unpaired) electrons. The van der Waals surface area contributed by atoms with E-state index in [-0.39, 0.29) is 5.91 Å². The molecule has 19 heavy (non-hydrogen) atoms.